The molecule has 34 heavy (non-hydrogen) atoms. The molecule has 2 amide bonds. The average Bonchev–Trinajstić information content (AvgIpc) is 3.55. The van der Waals surface area contributed by atoms with Crippen LogP contribution in [0, 0.1) is 11.3 Å². The fourth-order valence-electron chi connectivity index (χ4n) is 4.59. The minimum absolute atomic E-state index is 0.0776. The molecule has 7 heteroatoms. The van der Waals surface area contributed by atoms with Crippen molar-refractivity contribution in [2.24, 2.45) is 11.3 Å². The molecular formula is C27H32N2O5. The number of nitrogens with one attached hydrogen (secondary N) is 2. The Morgan fingerprint density at radius 2 is 1.53 bits per heavy atom. The number of benzene rings is 2. The van der Waals surface area contributed by atoms with Crippen molar-refractivity contribution >= 4 is 18.0 Å². The molecule has 0 aromatic heterocycles. The van der Waals surface area contributed by atoms with Crippen molar-refractivity contribution in [2.45, 2.75) is 58.0 Å². The van der Waals surface area contributed by atoms with E-state index in [-0.39, 0.29) is 12.5 Å². The van der Waals surface area contributed by atoms with Crippen LogP contribution in [0.2, 0.25) is 0 Å². The minimum Gasteiger partial charge on any atom is -0.480 e. The molecule has 2 atom stereocenters. The fraction of sp³-hybridized carbons (Fsp3) is 0.444. The van der Waals surface area contributed by atoms with Crippen LogP contribution in [0.4, 0.5) is 4.79 Å². The van der Waals surface area contributed by atoms with Crippen molar-refractivity contribution in [1.29, 1.82) is 0 Å². The summed E-state index contributed by atoms with van der Waals surface area (Å²) < 4.78 is 5.60. The van der Waals surface area contributed by atoms with Gasteiger partial charge in [0, 0.05) is 5.92 Å². The Kier molecular flexibility index (Phi) is 6.64. The SMILES string of the molecule is CC(C)(C)C(NC(=O)[C@H](CC1CC1)NC(=O)OCC1c2ccccc2-c2ccccc21)C(=O)O. The molecule has 7 nitrogen and oxygen atoms in total. The molecule has 1 fully saturated rings. The second-order valence-electron chi connectivity index (χ2n) is 10.3. The highest BCUT2D eigenvalue weighted by atomic mass is 16.5. The zero-order chi connectivity index (χ0) is 24.5. The lowest BCUT2D eigenvalue weighted by atomic mass is 9.86. The van der Waals surface area contributed by atoms with Gasteiger partial charge in [-0.05, 0) is 40.0 Å². The van der Waals surface area contributed by atoms with Gasteiger partial charge in [-0.15, -0.1) is 0 Å². The predicted octanol–water partition coefficient (Wildman–Crippen LogP) is 4.31. The van der Waals surface area contributed by atoms with Crippen LogP contribution >= 0.6 is 0 Å². The number of carboxylic acid groups (broad SMARTS) is 1. The zero-order valence-electron chi connectivity index (χ0n) is 19.8. The number of hydrogen-bond donors (Lipinski definition) is 3. The molecule has 0 aliphatic heterocycles. The third-order valence-electron chi connectivity index (χ3n) is 6.62. The third kappa shape index (κ3) is 5.24. The van der Waals surface area contributed by atoms with E-state index in [9.17, 15) is 19.5 Å². The summed E-state index contributed by atoms with van der Waals surface area (Å²) in [6, 6.07) is 14.3. The van der Waals surface area contributed by atoms with Gasteiger partial charge in [0.15, 0.2) is 0 Å². The topological polar surface area (TPSA) is 105 Å². The molecule has 0 radical (unpaired) electrons. The quantitative estimate of drug-likeness (QED) is 0.540. The lowest BCUT2D eigenvalue weighted by Gasteiger charge is -2.29. The summed E-state index contributed by atoms with van der Waals surface area (Å²) in [6.07, 6.45) is 1.78. The lowest BCUT2D eigenvalue weighted by molar-refractivity contribution is -0.145. The van der Waals surface area contributed by atoms with E-state index < -0.39 is 35.5 Å². The molecule has 0 saturated heterocycles. The van der Waals surface area contributed by atoms with Crippen LogP contribution in [-0.2, 0) is 14.3 Å². The van der Waals surface area contributed by atoms with Crippen molar-refractivity contribution in [3.8, 4) is 11.1 Å². The molecule has 2 aromatic carbocycles. The van der Waals surface area contributed by atoms with Gasteiger partial charge < -0.3 is 20.5 Å². The van der Waals surface area contributed by atoms with Crippen LogP contribution in [0.5, 0.6) is 0 Å². The number of aliphatic carboxylic acids is 1. The molecule has 2 aromatic rings. The van der Waals surface area contributed by atoms with E-state index in [0.717, 1.165) is 35.1 Å². The third-order valence-corrected chi connectivity index (χ3v) is 6.62. The van der Waals surface area contributed by atoms with Gasteiger partial charge in [0.2, 0.25) is 5.91 Å². The summed E-state index contributed by atoms with van der Waals surface area (Å²) in [7, 11) is 0. The molecule has 2 aliphatic carbocycles. The van der Waals surface area contributed by atoms with E-state index in [4.69, 9.17) is 4.74 Å². The van der Waals surface area contributed by atoms with E-state index in [1.165, 1.54) is 0 Å². The van der Waals surface area contributed by atoms with Gasteiger partial charge in [0.1, 0.15) is 18.7 Å². The van der Waals surface area contributed by atoms with Crippen LogP contribution < -0.4 is 10.6 Å². The molecule has 0 spiro atoms. The Morgan fingerprint density at radius 1 is 0.971 bits per heavy atom. The first-order valence-corrected chi connectivity index (χ1v) is 11.8. The first-order chi connectivity index (χ1) is 16.1. The Morgan fingerprint density at radius 3 is 2.03 bits per heavy atom. The highest BCUT2D eigenvalue weighted by Crippen LogP contribution is 2.44. The highest BCUT2D eigenvalue weighted by molar-refractivity contribution is 5.89. The molecule has 2 aliphatic rings. The van der Waals surface area contributed by atoms with Gasteiger partial charge in [-0.1, -0.05) is 82.1 Å². The van der Waals surface area contributed by atoms with Gasteiger partial charge in [-0.2, -0.15) is 0 Å². The number of carboxylic acids is 1. The first kappa shape index (κ1) is 23.8. The zero-order valence-corrected chi connectivity index (χ0v) is 19.8. The number of carbonyl (C=O) groups is 3. The van der Waals surface area contributed by atoms with Gasteiger partial charge in [-0.3, -0.25) is 4.79 Å². The van der Waals surface area contributed by atoms with Crippen LogP contribution in [-0.4, -0.2) is 41.8 Å². The van der Waals surface area contributed by atoms with E-state index in [0.29, 0.717) is 12.3 Å². The molecule has 1 saturated carbocycles. The number of carbonyl (C=O) groups excluding carboxylic acids is 2. The van der Waals surface area contributed by atoms with Crippen LogP contribution in [0.3, 0.4) is 0 Å². The lowest BCUT2D eigenvalue weighted by Crippen LogP contribution is -2.55. The van der Waals surface area contributed by atoms with E-state index in [1.54, 1.807) is 20.8 Å². The van der Waals surface area contributed by atoms with Crippen LogP contribution in [0.25, 0.3) is 11.1 Å². The Hall–Kier alpha value is -3.35. The monoisotopic (exact) mass is 464 g/mol. The van der Waals surface area contributed by atoms with Crippen LogP contribution in [0.15, 0.2) is 48.5 Å². The van der Waals surface area contributed by atoms with Crippen molar-refractivity contribution in [1.82, 2.24) is 10.6 Å². The summed E-state index contributed by atoms with van der Waals surface area (Å²) in [6.45, 7) is 5.40. The number of fused-ring (bicyclic) bond motifs is 3. The summed E-state index contributed by atoms with van der Waals surface area (Å²) in [5.74, 6) is -1.33. The number of hydrogen-bond acceptors (Lipinski definition) is 4. The van der Waals surface area contributed by atoms with Crippen molar-refractivity contribution in [3.05, 3.63) is 59.7 Å². The maximum Gasteiger partial charge on any atom is 0.407 e. The first-order valence-electron chi connectivity index (χ1n) is 11.8. The van der Waals surface area contributed by atoms with E-state index >= 15 is 0 Å². The Bertz CT molecular complexity index is 1040. The largest absolute Gasteiger partial charge is 0.480 e. The molecular weight excluding hydrogens is 432 g/mol. The molecule has 1 unspecified atom stereocenters. The van der Waals surface area contributed by atoms with Crippen LogP contribution in [0.1, 0.15) is 57.1 Å². The normalized spacial score (nSPS) is 16.7. The second kappa shape index (κ2) is 9.49. The summed E-state index contributed by atoms with van der Waals surface area (Å²) in [5.41, 5.74) is 3.83. The van der Waals surface area contributed by atoms with Crippen molar-refractivity contribution < 1.29 is 24.2 Å². The average molecular weight is 465 g/mol. The van der Waals surface area contributed by atoms with E-state index in [1.807, 2.05) is 36.4 Å². The van der Waals surface area contributed by atoms with Crippen molar-refractivity contribution in [2.75, 3.05) is 6.61 Å². The summed E-state index contributed by atoms with van der Waals surface area (Å²) >= 11 is 0. The highest BCUT2D eigenvalue weighted by Gasteiger charge is 2.37. The van der Waals surface area contributed by atoms with Gasteiger partial charge in [0.25, 0.3) is 0 Å². The molecule has 180 valence electrons. The fourth-order valence-corrected chi connectivity index (χ4v) is 4.59. The van der Waals surface area contributed by atoms with E-state index in [2.05, 4.69) is 22.8 Å². The maximum absolute atomic E-state index is 12.9. The number of amides is 2. The molecule has 0 heterocycles. The van der Waals surface area contributed by atoms with Crippen molar-refractivity contribution in [3.63, 3.8) is 0 Å². The Labute approximate surface area is 199 Å². The number of alkyl carbamates (subject to hydrolysis) is 1. The molecule has 0 bridgehead atoms. The maximum atomic E-state index is 12.9. The Balaban J connectivity index is 1.42. The van der Waals surface area contributed by atoms with Gasteiger partial charge in [0.05, 0.1) is 0 Å². The molecule has 3 N–H and O–H groups in total. The minimum atomic E-state index is -1.10. The summed E-state index contributed by atoms with van der Waals surface area (Å²) in [5, 5.41) is 14.9. The summed E-state index contributed by atoms with van der Waals surface area (Å²) in [4.78, 5) is 37.4. The standard InChI is InChI=1S/C27H32N2O5/c1-27(2,3)23(25(31)32)29-24(30)22(14-16-12-13-16)28-26(33)34-15-21-19-10-6-4-8-17(19)18-9-5-7-11-20(18)21/h4-11,16,21-23H,12-15H2,1-3H3,(H,28,33)(H,29,30)(H,31,32)/t22-,23?/m0/s1. The van der Waals surface area contributed by atoms with Gasteiger partial charge >= 0.3 is 12.1 Å². The van der Waals surface area contributed by atoms with Gasteiger partial charge in [-0.25, -0.2) is 9.59 Å². The number of rotatable bonds is 8. The predicted molar refractivity (Wildman–Crippen MR) is 128 cm³/mol. The number of ether oxygens (including phenoxy) is 1. The molecule has 4 rings (SSSR count). The second-order valence-corrected chi connectivity index (χ2v) is 10.3. The smallest absolute Gasteiger partial charge is 0.407 e.